The summed E-state index contributed by atoms with van der Waals surface area (Å²) in [6, 6.07) is 19.5. The Kier molecular flexibility index (Phi) is 21.4. The van der Waals surface area contributed by atoms with Crippen molar-refractivity contribution >= 4 is 29.8 Å². The molecule has 0 N–H and O–H groups in total. The Hall–Kier alpha value is -5.91. The van der Waals surface area contributed by atoms with E-state index in [9.17, 15) is 24.0 Å². The molecular weight excluding hydrogens is 732 g/mol. The van der Waals surface area contributed by atoms with Crippen LogP contribution in [0.2, 0.25) is 0 Å². The van der Waals surface area contributed by atoms with Gasteiger partial charge in [-0.25, -0.2) is 19.2 Å². The highest BCUT2D eigenvalue weighted by Crippen LogP contribution is 2.22. The van der Waals surface area contributed by atoms with Crippen LogP contribution in [0.1, 0.15) is 105 Å². The molecule has 0 fully saturated rings. The summed E-state index contributed by atoms with van der Waals surface area (Å²) < 4.78 is 37.8. The molecule has 57 heavy (non-hydrogen) atoms. The zero-order valence-electron chi connectivity index (χ0n) is 32.8. The van der Waals surface area contributed by atoms with Crippen molar-refractivity contribution in [3.8, 4) is 23.0 Å². The van der Waals surface area contributed by atoms with Crippen LogP contribution in [0.3, 0.4) is 0 Å². The van der Waals surface area contributed by atoms with E-state index < -0.39 is 23.9 Å². The molecule has 3 aromatic rings. The molecule has 0 heterocycles. The van der Waals surface area contributed by atoms with Crippen LogP contribution < -0.4 is 18.9 Å². The standard InChI is InChI=1S/C45H54O12/c1-4-41(46)53-31-13-7-5-11-29-51-37-21-17-35(18-22-37)44(49)56-39-25-27-40(28-26-39)57-45(50)36-19-23-38(24-20-36)52-30-12-6-8-14-32-54-42(47)16-10-9-15-33-55-43(48)34(2)3/h4,17-28H,1-2,5-16,29-33H2,3H3. The molecule has 12 nitrogen and oxygen atoms in total. The van der Waals surface area contributed by atoms with Gasteiger partial charge in [0.05, 0.1) is 44.2 Å². The van der Waals surface area contributed by atoms with Gasteiger partial charge in [0.15, 0.2) is 0 Å². The lowest BCUT2D eigenvalue weighted by Gasteiger charge is -2.09. The molecule has 0 aromatic heterocycles. The number of unbranched alkanes of at least 4 members (excludes halogenated alkanes) is 8. The minimum Gasteiger partial charge on any atom is -0.494 e. The Morgan fingerprint density at radius 1 is 0.491 bits per heavy atom. The molecule has 0 saturated heterocycles. The van der Waals surface area contributed by atoms with E-state index in [0.717, 1.165) is 63.9 Å². The van der Waals surface area contributed by atoms with Crippen LogP contribution in [0.15, 0.2) is 97.6 Å². The number of benzene rings is 3. The highest BCUT2D eigenvalue weighted by atomic mass is 16.6. The molecule has 0 saturated carbocycles. The van der Waals surface area contributed by atoms with Crippen LogP contribution >= 0.6 is 0 Å². The topological polar surface area (TPSA) is 150 Å². The Morgan fingerprint density at radius 2 is 0.877 bits per heavy atom. The molecule has 0 atom stereocenters. The van der Waals surface area contributed by atoms with E-state index in [2.05, 4.69) is 13.2 Å². The number of esters is 5. The molecule has 0 aliphatic heterocycles. The number of carbonyl (C=O) groups excluding carboxylic acids is 5. The summed E-state index contributed by atoms with van der Waals surface area (Å²) >= 11 is 0. The molecule has 0 bridgehead atoms. The van der Waals surface area contributed by atoms with Crippen LogP contribution in [-0.4, -0.2) is 62.9 Å². The van der Waals surface area contributed by atoms with E-state index in [1.807, 2.05) is 0 Å². The lowest BCUT2D eigenvalue weighted by molar-refractivity contribution is -0.144. The van der Waals surface area contributed by atoms with Gasteiger partial charge < -0.3 is 33.2 Å². The zero-order chi connectivity index (χ0) is 41.1. The lowest BCUT2D eigenvalue weighted by Crippen LogP contribution is -2.10. The van der Waals surface area contributed by atoms with Gasteiger partial charge in [-0.3, -0.25) is 4.79 Å². The number of hydrogen-bond acceptors (Lipinski definition) is 12. The summed E-state index contributed by atoms with van der Waals surface area (Å²) in [6.45, 7) is 10.6. The third-order valence-electron chi connectivity index (χ3n) is 8.32. The first-order valence-electron chi connectivity index (χ1n) is 19.4. The van der Waals surface area contributed by atoms with Crippen LogP contribution in [-0.2, 0) is 28.6 Å². The monoisotopic (exact) mass is 786 g/mol. The fourth-order valence-electron chi connectivity index (χ4n) is 5.10. The fourth-order valence-corrected chi connectivity index (χ4v) is 5.10. The Bertz CT molecular complexity index is 1710. The molecule has 306 valence electrons. The van der Waals surface area contributed by atoms with Gasteiger partial charge in [0.2, 0.25) is 0 Å². The maximum atomic E-state index is 12.7. The summed E-state index contributed by atoms with van der Waals surface area (Å²) in [5.41, 5.74) is 1.09. The normalized spacial score (nSPS) is 10.5. The Labute approximate surface area is 335 Å². The number of ether oxygens (including phenoxy) is 7. The highest BCUT2D eigenvalue weighted by Gasteiger charge is 2.12. The van der Waals surface area contributed by atoms with E-state index in [4.69, 9.17) is 33.2 Å². The summed E-state index contributed by atoms with van der Waals surface area (Å²) in [5, 5.41) is 0. The first kappa shape index (κ1) is 45.5. The Balaban J connectivity index is 1.23. The average Bonchev–Trinajstić information content (AvgIpc) is 3.21. The first-order valence-corrected chi connectivity index (χ1v) is 19.4. The molecule has 0 unspecified atom stereocenters. The molecule has 12 heteroatoms. The van der Waals surface area contributed by atoms with Crippen molar-refractivity contribution in [3.05, 3.63) is 109 Å². The maximum absolute atomic E-state index is 12.7. The molecule has 0 aliphatic carbocycles. The minimum atomic E-state index is -0.539. The van der Waals surface area contributed by atoms with Crippen molar-refractivity contribution in [2.45, 2.75) is 84.0 Å². The van der Waals surface area contributed by atoms with Crippen molar-refractivity contribution < 1.29 is 57.1 Å². The molecule has 3 aromatic carbocycles. The quantitative estimate of drug-likeness (QED) is 0.0227. The van der Waals surface area contributed by atoms with Gasteiger partial charge >= 0.3 is 29.8 Å². The maximum Gasteiger partial charge on any atom is 0.343 e. The third-order valence-corrected chi connectivity index (χ3v) is 8.32. The van der Waals surface area contributed by atoms with Gasteiger partial charge in [0, 0.05) is 18.1 Å². The van der Waals surface area contributed by atoms with Crippen LogP contribution in [0.4, 0.5) is 0 Å². The molecule has 0 radical (unpaired) electrons. The van der Waals surface area contributed by atoms with Crippen LogP contribution in [0.5, 0.6) is 23.0 Å². The van der Waals surface area contributed by atoms with E-state index >= 15 is 0 Å². The first-order chi connectivity index (χ1) is 27.6. The van der Waals surface area contributed by atoms with E-state index in [1.54, 1.807) is 79.7 Å². The van der Waals surface area contributed by atoms with Crippen LogP contribution in [0, 0.1) is 0 Å². The number of carbonyl (C=O) groups is 5. The summed E-state index contributed by atoms with van der Waals surface area (Å²) in [5.74, 6) is -0.222. The van der Waals surface area contributed by atoms with Crippen LogP contribution in [0.25, 0.3) is 0 Å². The van der Waals surface area contributed by atoms with Crippen molar-refractivity contribution in [2.24, 2.45) is 0 Å². The predicted octanol–water partition coefficient (Wildman–Crippen LogP) is 8.96. The minimum absolute atomic E-state index is 0.213. The Morgan fingerprint density at radius 3 is 1.32 bits per heavy atom. The second-order valence-electron chi connectivity index (χ2n) is 13.1. The second kappa shape index (κ2) is 26.8. The van der Waals surface area contributed by atoms with E-state index in [-0.39, 0.29) is 5.97 Å². The van der Waals surface area contributed by atoms with E-state index in [1.165, 1.54) is 0 Å². The SMILES string of the molecule is C=CC(=O)OCCCCCCOc1ccc(C(=O)Oc2ccc(OC(=O)c3ccc(OCCCCCCOC(=O)CCCCCOC(=O)C(=C)C)cc3)cc2)cc1. The van der Waals surface area contributed by atoms with Gasteiger partial charge in [-0.1, -0.05) is 13.2 Å². The van der Waals surface area contributed by atoms with Crippen molar-refractivity contribution in [1.29, 1.82) is 0 Å². The third kappa shape index (κ3) is 19.5. The highest BCUT2D eigenvalue weighted by molar-refractivity contribution is 5.92. The van der Waals surface area contributed by atoms with Gasteiger partial charge in [0.1, 0.15) is 23.0 Å². The molecule has 0 amide bonds. The number of hydrogen-bond donors (Lipinski definition) is 0. The van der Waals surface area contributed by atoms with Crippen molar-refractivity contribution in [3.63, 3.8) is 0 Å². The molecule has 0 aliphatic rings. The van der Waals surface area contributed by atoms with Crippen molar-refractivity contribution in [2.75, 3.05) is 33.0 Å². The fraction of sp³-hybridized carbons (Fsp3) is 0.400. The van der Waals surface area contributed by atoms with Gasteiger partial charge in [-0.05, 0) is 150 Å². The van der Waals surface area contributed by atoms with Gasteiger partial charge in [-0.2, -0.15) is 0 Å². The predicted molar refractivity (Wildman–Crippen MR) is 214 cm³/mol. The second-order valence-corrected chi connectivity index (χ2v) is 13.1. The van der Waals surface area contributed by atoms with Gasteiger partial charge in [0.25, 0.3) is 0 Å². The molecule has 3 rings (SSSR count). The summed E-state index contributed by atoms with van der Waals surface area (Å²) in [6.07, 6.45) is 10.6. The number of rotatable bonds is 28. The van der Waals surface area contributed by atoms with Crippen molar-refractivity contribution in [1.82, 2.24) is 0 Å². The summed E-state index contributed by atoms with van der Waals surface area (Å²) in [7, 11) is 0. The molecular formula is C45H54O12. The zero-order valence-corrected chi connectivity index (χ0v) is 32.8. The summed E-state index contributed by atoms with van der Waals surface area (Å²) in [4.78, 5) is 59.6. The van der Waals surface area contributed by atoms with Gasteiger partial charge in [-0.15, -0.1) is 0 Å². The lowest BCUT2D eigenvalue weighted by atomic mass is 10.2. The average molecular weight is 787 g/mol. The largest absolute Gasteiger partial charge is 0.494 e. The van der Waals surface area contributed by atoms with E-state index in [0.29, 0.717) is 92.0 Å². The molecule has 0 spiro atoms. The smallest absolute Gasteiger partial charge is 0.343 e.